The summed E-state index contributed by atoms with van der Waals surface area (Å²) in [4.78, 5) is 18.6. The summed E-state index contributed by atoms with van der Waals surface area (Å²) in [5, 5.41) is 4.36. The molecule has 0 saturated carbocycles. The van der Waals surface area contributed by atoms with Crippen molar-refractivity contribution in [1.29, 1.82) is 0 Å². The summed E-state index contributed by atoms with van der Waals surface area (Å²) < 4.78 is 0. The van der Waals surface area contributed by atoms with Crippen molar-refractivity contribution in [1.82, 2.24) is 15.2 Å². The van der Waals surface area contributed by atoms with Crippen LogP contribution in [0.2, 0.25) is 0 Å². The first kappa shape index (κ1) is 12.1. The number of hydrogen-bond acceptors (Lipinski definition) is 3. The first-order chi connectivity index (χ1) is 9.33. The Hall–Kier alpha value is -1.94. The molecule has 1 N–H and O–H groups in total. The standard InChI is InChI=1S/C15H17N3O/c19-15(18-9-7-16-8-10-18)11-13-6-5-12-3-1-2-4-14(12)17-13/h1-6,16H,7-11H2. The van der Waals surface area contributed by atoms with Crippen molar-refractivity contribution in [3.05, 3.63) is 42.1 Å². The molecule has 0 aliphatic carbocycles. The fraction of sp³-hybridized carbons (Fsp3) is 0.333. The molecule has 0 bridgehead atoms. The molecular formula is C15H17N3O. The average molecular weight is 255 g/mol. The number of carbonyl (C=O) groups excluding carboxylic acids is 1. The maximum absolute atomic E-state index is 12.2. The molecule has 4 nitrogen and oxygen atoms in total. The van der Waals surface area contributed by atoms with Crippen molar-refractivity contribution in [3.63, 3.8) is 0 Å². The molecule has 1 aromatic heterocycles. The second kappa shape index (κ2) is 5.36. The summed E-state index contributed by atoms with van der Waals surface area (Å²) >= 11 is 0. The summed E-state index contributed by atoms with van der Waals surface area (Å²) in [5.74, 6) is 0.171. The Kier molecular flexibility index (Phi) is 3.42. The lowest BCUT2D eigenvalue weighted by molar-refractivity contribution is -0.131. The molecule has 1 aliphatic heterocycles. The third-order valence-electron chi connectivity index (χ3n) is 3.46. The molecule has 1 saturated heterocycles. The predicted molar refractivity (Wildman–Crippen MR) is 74.9 cm³/mol. The van der Waals surface area contributed by atoms with Gasteiger partial charge in [0.1, 0.15) is 0 Å². The first-order valence-corrected chi connectivity index (χ1v) is 6.66. The van der Waals surface area contributed by atoms with E-state index in [1.54, 1.807) is 0 Å². The zero-order valence-corrected chi connectivity index (χ0v) is 10.8. The lowest BCUT2D eigenvalue weighted by Gasteiger charge is -2.27. The third kappa shape index (κ3) is 2.74. The van der Waals surface area contributed by atoms with Gasteiger partial charge in [0.05, 0.1) is 17.6 Å². The third-order valence-corrected chi connectivity index (χ3v) is 3.46. The maximum atomic E-state index is 12.2. The number of para-hydroxylation sites is 1. The molecule has 1 amide bonds. The number of pyridine rings is 1. The summed E-state index contributed by atoms with van der Waals surface area (Å²) in [6.07, 6.45) is 0.394. The Balaban J connectivity index is 1.75. The number of hydrogen-bond donors (Lipinski definition) is 1. The van der Waals surface area contributed by atoms with E-state index >= 15 is 0 Å². The number of nitrogens with zero attached hydrogens (tertiary/aromatic N) is 2. The highest BCUT2D eigenvalue weighted by atomic mass is 16.2. The van der Waals surface area contributed by atoms with E-state index in [0.717, 1.165) is 42.8 Å². The minimum absolute atomic E-state index is 0.171. The molecule has 4 heteroatoms. The van der Waals surface area contributed by atoms with Crippen molar-refractivity contribution < 1.29 is 4.79 Å². The number of aromatic nitrogens is 1. The summed E-state index contributed by atoms with van der Waals surface area (Å²) in [6, 6.07) is 12.0. The molecule has 19 heavy (non-hydrogen) atoms. The Bertz CT molecular complexity index is 591. The van der Waals surface area contributed by atoms with Crippen LogP contribution in [-0.4, -0.2) is 42.0 Å². The van der Waals surface area contributed by atoms with Gasteiger partial charge in [-0.1, -0.05) is 24.3 Å². The summed E-state index contributed by atoms with van der Waals surface area (Å²) in [6.45, 7) is 3.37. The van der Waals surface area contributed by atoms with Gasteiger partial charge in [0, 0.05) is 31.6 Å². The van der Waals surface area contributed by atoms with Gasteiger partial charge in [-0.15, -0.1) is 0 Å². The molecule has 0 atom stereocenters. The van der Waals surface area contributed by atoms with Crippen molar-refractivity contribution >= 4 is 16.8 Å². The fourth-order valence-corrected chi connectivity index (χ4v) is 2.39. The molecule has 2 aromatic rings. The van der Waals surface area contributed by atoms with Gasteiger partial charge in [0.25, 0.3) is 0 Å². The van der Waals surface area contributed by atoms with E-state index in [-0.39, 0.29) is 5.91 Å². The number of nitrogens with one attached hydrogen (secondary N) is 1. The summed E-state index contributed by atoms with van der Waals surface area (Å²) in [5.41, 5.74) is 1.80. The van der Waals surface area contributed by atoms with Crippen molar-refractivity contribution in [2.45, 2.75) is 6.42 Å². The van der Waals surface area contributed by atoms with Gasteiger partial charge in [-0.05, 0) is 12.1 Å². The van der Waals surface area contributed by atoms with Gasteiger partial charge in [0.2, 0.25) is 5.91 Å². The largest absolute Gasteiger partial charge is 0.340 e. The Morgan fingerprint density at radius 2 is 1.95 bits per heavy atom. The Morgan fingerprint density at radius 3 is 2.79 bits per heavy atom. The lowest BCUT2D eigenvalue weighted by atomic mass is 10.1. The normalized spacial score (nSPS) is 15.7. The Labute approximate surface area is 112 Å². The molecule has 0 unspecified atom stereocenters. The average Bonchev–Trinajstić information content (AvgIpc) is 2.48. The molecule has 1 aliphatic rings. The summed E-state index contributed by atoms with van der Waals surface area (Å²) in [7, 11) is 0. The van der Waals surface area contributed by atoms with Crippen LogP contribution >= 0.6 is 0 Å². The van der Waals surface area contributed by atoms with E-state index in [2.05, 4.69) is 10.3 Å². The van der Waals surface area contributed by atoms with E-state index in [1.807, 2.05) is 41.3 Å². The van der Waals surface area contributed by atoms with E-state index in [1.165, 1.54) is 0 Å². The number of piperazine rings is 1. The van der Waals surface area contributed by atoms with Gasteiger partial charge in [-0.25, -0.2) is 0 Å². The smallest absolute Gasteiger partial charge is 0.228 e. The van der Waals surface area contributed by atoms with E-state index in [4.69, 9.17) is 0 Å². The number of carbonyl (C=O) groups is 1. The van der Waals surface area contributed by atoms with Gasteiger partial charge in [-0.2, -0.15) is 0 Å². The molecule has 0 spiro atoms. The zero-order chi connectivity index (χ0) is 13.1. The van der Waals surface area contributed by atoms with E-state index in [0.29, 0.717) is 6.42 Å². The Morgan fingerprint density at radius 1 is 1.16 bits per heavy atom. The van der Waals surface area contributed by atoms with Crippen LogP contribution in [0.5, 0.6) is 0 Å². The van der Waals surface area contributed by atoms with E-state index in [9.17, 15) is 4.79 Å². The highest BCUT2D eigenvalue weighted by Gasteiger charge is 2.16. The van der Waals surface area contributed by atoms with Gasteiger partial charge in [-0.3, -0.25) is 9.78 Å². The van der Waals surface area contributed by atoms with Crippen molar-refractivity contribution in [2.75, 3.05) is 26.2 Å². The topological polar surface area (TPSA) is 45.2 Å². The number of fused-ring (bicyclic) bond motifs is 1. The number of rotatable bonds is 2. The lowest BCUT2D eigenvalue weighted by Crippen LogP contribution is -2.47. The van der Waals surface area contributed by atoms with Crippen LogP contribution in [0.25, 0.3) is 10.9 Å². The molecule has 98 valence electrons. The highest BCUT2D eigenvalue weighted by molar-refractivity contribution is 5.81. The van der Waals surface area contributed by atoms with Crippen LogP contribution in [-0.2, 0) is 11.2 Å². The highest BCUT2D eigenvalue weighted by Crippen LogP contribution is 2.12. The first-order valence-electron chi connectivity index (χ1n) is 6.66. The zero-order valence-electron chi connectivity index (χ0n) is 10.8. The monoisotopic (exact) mass is 255 g/mol. The van der Waals surface area contributed by atoms with Crippen LogP contribution in [0, 0.1) is 0 Å². The molecule has 3 rings (SSSR count). The molecule has 0 radical (unpaired) electrons. The van der Waals surface area contributed by atoms with Crippen molar-refractivity contribution in [2.24, 2.45) is 0 Å². The SMILES string of the molecule is O=C(Cc1ccc2ccccc2n1)N1CCNCC1. The van der Waals surface area contributed by atoms with Crippen LogP contribution in [0.15, 0.2) is 36.4 Å². The van der Waals surface area contributed by atoms with Crippen LogP contribution in [0.3, 0.4) is 0 Å². The van der Waals surface area contributed by atoms with Crippen LogP contribution in [0.1, 0.15) is 5.69 Å². The number of amides is 1. The maximum Gasteiger partial charge on any atom is 0.228 e. The van der Waals surface area contributed by atoms with Gasteiger partial charge in [0.15, 0.2) is 0 Å². The number of benzene rings is 1. The minimum atomic E-state index is 0.171. The van der Waals surface area contributed by atoms with E-state index < -0.39 is 0 Å². The molecule has 2 heterocycles. The second-order valence-corrected chi connectivity index (χ2v) is 4.80. The van der Waals surface area contributed by atoms with Crippen molar-refractivity contribution in [3.8, 4) is 0 Å². The molecule has 1 aromatic carbocycles. The second-order valence-electron chi connectivity index (χ2n) is 4.80. The quantitative estimate of drug-likeness (QED) is 0.877. The molecule has 1 fully saturated rings. The van der Waals surface area contributed by atoms with Gasteiger partial charge < -0.3 is 10.2 Å². The van der Waals surface area contributed by atoms with Crippen LogP contribution in [0.4, 0.5) is 0 Å². The fourth-order valence-electron chi connectivity index (χ4n) is 2.39. The van der Waals surface area contributed by atoms with Crippen LogP contribution < -0.4 is 5.32 Å². The van der Waals surface area contributed by atoms with Gasteiger partial charge >= 0.3 is 0 Å². The molecular weight excluding hydrogens is 238 g/mol. The predicted octanol–water partition coefficient (Wildman–Crippen LogP) is 1.21. The minimum Gasteiger partial charge on any atom is -0.340 e.